The molecule has 2 aromatic heterocycles. The third-order valence-electron chi connectivity index (χ3n) is 5.75. The van der Waals surface area contributed by atoms with Crippen LogP contribution in [0.25, 0.3) is 11.5 Å². The van der Waals surface area contributed by atoms with Crippen LogP contribution in [0.15, 0.2) is 65.2 Å². The normalized spacial score (nSPS) is 14.9. The minimum Gasteiger partial charge on any atom is -0.415 e. The third kappa shape index (κ3) is 4.26. The second-order valence-corrected chi connectivity index (χ2v) is 7.91. The standard InChI is InChI=1S/C24H16F4N4O3/c25-16-6-3-12(4-7-16)20(33)19(14-5-8-18(26)29-10-14)32-11-15-2-1-13(9-17(15)24(32)34)22-30-31-23(35-22)21(27)28/h1-10,19-21,33H,11H2. The van der Waals surface area contributed by atoms with Crippen molar-refractivity contribution >= 4 is 5.91 Å². The highest BCUT2D eigenvalue weighted by Crippen LogP contribution is 2.40. The van der Waals surface area contributed by atoms with Crippen LogP contribution in [0, 0.1) is 11.8 Å². The molecule has 1 aliphatic heterocycles. The predicted molar refractivity (Wildman–Crippen MR) is 113 cm³/mol. The Labute approximate surface area is 195 Å². The fraction of sp³-hybridized carbons (Fsp3) is 0.167. The lowest BCUT2D eigenvalue weighted by Crippen LogP contribution is -2.33. The molecule has 1 aliphatic rings. The summed E-state index contributed by atoms with van der Waals surface area (Å²) in [5, 5.41) is 18.1. The molecular weight excluding hydrogens is 468 g/mol. The van der Waals surface area contributed by atoms with Gasteiger partial charge >= 0.3 is 6.43 Å². The number of pyridine rings is 1. The Morgan fingerprint density at radius 3 is 2.37 bits per heavy atom. The Balaban J connectivity index is 1.51. The summed E-state index contributed by atoms with van der Waals surface area (Å²) in [7, 11) is 0. The second-order valence-electron chi connectivity index (χ2n) is 7.91. The highest BCUT2D eigenvalue weighted by molar-refractivity contribution is 5.99. The number of carbonyl (C=O) groups is 1. The molecule has 5 rings (SSSR count). The summed E-state index contributed by atoms with van der Waals surface area (Å²) < 4.78 is 57.5. The van der Waals surface area contributed by atoms with Crippen LogP contribution in [-0.2, 0) is 6.54 Å². The molecule has 11 heteroatoms. The van der Waals surface area contributed by atoms with Crippen LogP contribution < -0.4 is 0 Å². The average Bonchev–Trinajstić information content (AvgIpc) is 3.47. The molecule has 1 amide bonds. The molecular formula is C24H16F4N4O3. The SMILES string of the molecule is O=C1c2cc(-c3nnc(C(F)F)o3)ccc2CN1C(c1ccc(F)nc1)C(O)c1ccc(F)cc1. The van der Waals surface area contributed by atoms with Gasteiger partial charge in [-0.2, -0.15) is 13.2 Å². The van der Waals surface area contributed by atoms with Gasteiger partial charge in [-0.3, -0.25) is 4.79 Å². The zero-order valence-electron chi connectivity index (χ0n) is 17.8. The summed E-state index contributed by atoms with van der Waals surface area (Å²) in [5.74, 6) is -2.69. The van der Waals surface area contributed by atoms with Crippen LogP contribution in [0.5, 0.6) is 0 Å². The monoisotopic (exact) mass is 484 g/mol. The van der Waals surface area contributed by atoms with Crippen LogP contribution in [0.3, 0.4) is 0 Å². The maximum atomic E-state index is 13.5. The number of nitrogens with zero attached hydrogens (tertiary/aromatic N) is 4. The minimum atomic E-state index is -2.93. The fourth-order valence-corrected chi connectivity index (χ4v) is 4.06. The molecule has 1 N–H and O–H groups in total. The number of alkyl halides is 2. The van der Waals surface area contributed by atoms with Crippen molar-refractivity contribution in [3.63, 3.8) is 0 Å². The number of hydrogen-bond donors (Lipinski definition) is 1. The molecule has 2 unspecified atom stereocenters. The van der Waals surface area contributed by atoms with E-state index in [4.69, 9.17) is 4.42 Å². The number of aliphatic hydroxyl groups excluding tert-OH is 1. The molecule has 4 aromatic rings. The quantitative estimate of drug-likeness (QED) is 0.313. The first kappa shape index (κ1) is 22.7. The average molecular weight is 484 g/mol. The summed E-state index contributed by atoms with van der Waals surface area (Å²) in [6.45, 7) is 0.0981. The lowest BCUT2D eigenvalue weighted by atomic mass is 9.95. The highest BCUT2D eigenvalue weighted by Gasteiger charge is 2.38. The van der Waals surface area contributed by atoms with E-state index in [0.29, 0.717) is 16.7 Å². The van der Waals surface area contributed by atoms with Gasteiger partial charge in [0, 0.05) is 23.9 Å². The van der Waals surface area contributed by atoms with Gasteiger partial charge in [0.1, 0.15) is 11.9 Å². The lowest BCUT2D eigenvalue weighted by Gasteiger charge is -2.32. The highest BCUT2D eigenvalue weighted by atomic mass is 19.3. The first-order chi connectivity index (χ1) is 16.8. The Hall–Kier alpha value is -4.12. The maximum Gasteiger partial charge on any atom is 0.314 e. The molecule has 0 bridgehead atoms. The van der Waals surface area contributed by atoms with Crippen molar-refractivity contribution in [3.8, 4) is 11.5 Å². The Morgan fingerprint density at radius 1 is 0.971 bits per heavy atom. The van der Waals surface area contributed by atoms with Crippen molar-refractivity contribution in [3.05, 3.63) is 101 Å². The van der Waals surface area contributed by atoms with Crippen LogP contribution >= 0.6 is 0 Å². The number of rotatable bonds is 6. The second kappa shape index (κ2) is 8.91. The Morgan fingerprint density at radius 2 is 1.71 bits per heavy atom. The lowest BCUT2D eigenvalue weighted by molar-refractivity contribution is 0.0358. The molecule has 7 nitrogen and oxygen atoms in total. The van der Waals surface area contributed by atoms with Crippen molar-refractivity contribution in [2.24, 2.45) is 0 Å². The van der Waals surface area contributed by atoms with E-state index in [0.717, 1.165) is 6.07 Å². The van der Waals surface area contributed by atoms with Crippen LogP contribution in [0.2, 0.25) is 0 Å². The number of aromatic nitrogens is 3. The molecule has 0 spiro atoms. The van der Waals surface area contributed by atoms with Gasteiger partial charge < -0.3 is 14.4 Å². The van der Waals surface area contributed by atoms with E-state index >= 15 is 0 Å². The molecule has 178 valence electrons. The van der Waals surface area contributed by atoms with Gasteiger partial charge in [0.25, 0.3) is 11.8 Å². The molecule has 3 heterocycles. The van der Waals surface area contributed by atoms with E-state index in [2.05, 4.69) is 15.2 Å². The van der Waals surface area contributed by atoms with Gasteiger partial charge in [0.2, 0.25) is 11.8 Å². The number of aliphatic hydroxyl groups is 1. The Bertz CT molecular complexity index is 1380. The first-order valence-corrected chi connectivity index (χ1v) is 10.4. The van der Waals surface area contributed by atoms with Crippen LogP contribution in [0.4, 0.5) is 17.6 Å². The summed E-state index contributed by atoms with van der Waals surface area (Å²) >= 11 is 0. The van der Waals surface area contributed by atoms with Crippen molar-refractivity contribution < 1.29 is 31.9 Å². The summed E-state index contributed by atoms with van der Waals surface area (Å²) in [6, 6.07) is 11.3. The van der Waals surface area contributed by atoms with E-state index in [1.807, 2.05) is 0 Å². The van der Waals surface area contributed by atoms with Crippen molar-refractivity contribution in [1.29, 1.82) is 0 Å². The molecule has 2 atom stereocenters. The van der Waals surface area contributed by atoms with E-state index in [1.165, 1.54) is 47.5 Å². The fourth-order valence-electron chi connectivity index (χ4n) is 4.06. The van der Waals surface area contributed by atoms with Crippen molar-refractivity contribution in [1.82, 2.24) is 20.1 Å². The molecule has 0 saturated carbocycles. The molecule has 0 aliphatic carbocycles. The summed E-state index contributed by atoms with van der Waals surface area (Å²) in [4.78, 5) is 18.5. The number of carbonyl (C=O) groups excluding carboxylic acids is 1. The number of halogens is 4. The summed E-state index contributed by atoms with van der Waals surface area (Å²) in [6.07, 6.45) is -3.00. The smallest absolute Gasteiger partial charge is 0.314 e. The topological polar surface area (TPSA) is 92.4 Å². The van der Waals surface area contributed by atoms with Gasteiger partial charge in [-0.05, 0) is 47.0 Å². The van der Waals surface area contributed by atoms with Gasteiger partial charge in [-0.1, -0.05) is 24.3 Å². The molecule has 2 aromatic carbocycles. The van der Waals surface area contributed by atoms with Crippen molar-refractivity contribution in [2.75, 3.05) is 0 Å². The third-order valence-corrected chi connectivity index (χ3v) is 5.75. The van der Waals surface area contributed by atoms with E-state index in [-0.39, 0.29) is 23.6 Å². The van der Waals surface area contributed by atoms with Gasteiger partial charge in [0.15, 0.2) is 0 Å². The largest absolute Gasteiger partial charge is 0.415 e. The van der Waals surface area contributed by atoms with E-state index in [1.54, 1.807) is 12.1 Å². The first-order valence-electron chi connectivity index (χ1n) is 10.4. The van der Waals surface area contributed by atoms with Gasteiger partial charge in [-0.25, -0.2) is 9.37 Å². The number of hydrogen-bond acceptors (Lipinski definition) is 6. The van der Waals surface area contributed by atoms with E-state index < -0.39 is 42.1 Å². The van der Waals surface area contributed by atoms with Crippen LogP contribution in [0.1, 0.15) is 51.5 Å². The van der Waals surface area contributed by atoms with E-state index in [9.17, 15) is 27.5 Å². The van der Waals surface area contributed by atoms with Crippen molar-refractivity contribution in [2.45, 2.75) is 25.1 Å². The number of amides is 1. The zero-order valence-corrected chi connectivity index (χ0v) is 17.8. The predicted octanol–water partition coefficient (Wildman–Crippen LogP) is 4.78. The van der Waals surface area contributed by atoms with Crippen LogP contribution in [-0.4, -0.2) is 31.1 Å². The van der Waals surface area contributed by atoms with Gasteiger partial charge in [0.05, 0.1) is 6.04 Å². The number of benzene rings is 2. The minimum absolute atomic E-state index is 0.0981. The molecule has 0 saturated heterocycles. The molecule has 0 radical (unpaired) electrons. The zero-order chi connectivity index (χ0) is 24.7. The number of fused-ring (bicyclic) bond motifs is 1. The summed E-state index contributed by atoms with van der Waals surface area (Å²) in [5.41, 5.74) is 1.85. The maximum absolute atomic E-state index is 13.5. The molecule has 0 fully saturated rings. The van der Waals surface area contributed by atoms with Gasteiger partial charge in [-0.15, -0.1) is 10.2 Å². The molecule has 35 heavy (non-hydrogen) atoms. The Kier molecular flexibility index (Phi) is 5.77.